The SMILES string of the molecule is CC/C=C\C/C=C\C/C=C\C/C=C\C/C=C\C/C=C\C/C=C\C/C=C\C/C=C\C/C=C\CCCCCCCCC(=O)OC(COC(=O)CCCCCCCCCCCCCCCCCCCCCCC/C=C\C/C=C\C/C=C\C/C=C\C/C=C\CC)COP(=O)(O)OCC[N+](C)(C)C. The Morgan fingerprint density at radius 1 is 0.316 bits per heavy atom. The third kappa shape index (κ3) is 80.1. The van der Waals surface area contributed by atoms with Gasteiger partial charge in [0.15, 0.2) is 6.10 Å². The van der Waals surface area contributed by atoms with E-state index in [4.69, 9.17) is 18.5 Å². The first-order valence-electron chi connectivity index (χ1n) is 39.5. The largest absolute Gasteiger partial charge is 0.472 e. The Kier molecular flexibility index (Phi) is 72.5. The number of quaternary nitrogens is 1. The standard InChI is InChI=1S/C88H146NO8P/c1-6-8-10-12-14-16-18-20-22-24-26-28-30-32-34-36-38-40-42-44-46-48-50-52-54-56-58-60-62-64-66-68-70-72-74-76-78-80-87(90)94-84-86(85-96-98(92,93)95-83-82-89(3,4)5)97-88(91)81-79-77-75-73-71-69-67-65-63-61-59-57-55-53-51-49-47-45-43-41-39-37-35-33-31-29-27-25-23-21-19-17-15-13-11-9-7-2/h8-11,14-17,20-23,26-29,32-35,39,41,45,47,51,53,57,59,63,65,86H,6-7,12-13,18-19,24-25,30-31,36-38,40,42-44,46,48-50,52,54-56,58,60-62,64,66-85H2,1-5H3/p+1/b10-8-,11-9-,16-14-,17-15-,22-20-,23-21-,28-26-,29-27-,34-32-,35-33-,41-39-,47-45-,53-51-,59-57-,65-63-. The number of carbonyl (C=O) groups is 2. The van der Waals surface area contributed by atoms with E-state index in [0.717, 1.165) is 154 Å². The van der Waals surface area contributed by atoms with Crippen molar-refractivity contribution < 1.29 is 42.1 Å². The van der Waals surface area contributed by atoms with E-state index in [-0.39, 0.29) is 32.0 Å². The molecule has 0 amide bonds. The zero-order valence-electron chi connectivity index (χ0n) is 63.5. The van der Waals surface area contributed by atoms with Crippen molar-refractivity contribution in [3.05, 3.63) is 182 Å². The van der Waals surface area contributed by atoms with Crippen molar-refractivity contribution in [3.63, 3.8) is 0 Å². The van der Waals surface area contributed by atoms with Crippen LogP contribution >= 0.6 is 7.82 Å². The number of carbonyl (C=O) groups excluding carboxylic acids is 2. The van der Waals surface area contributed by atoms with Gasteiger partial charge in [0.2, 0.25) is 0 Å². The van der Waals surface area contributed by atoms with Gasteiger partial charge in [-0.05, 0) is 135 Å². The molecule has 556 valence electrons. The second-order valence-corrected chi connectivity index (χ2v) is 28.4. The molecule has 0 aliphatic heterocycles. The first-order valence-corrected chi connectivity index (χ1v) is 41.0. The smallest absolute Gasteiger partial charge is 0.462 e. The summed E-state index contributed by atoms with van der Waals surface area (Å²) in [5.41, 5.74) is 0. The van der Waals surface area contributed by atoms with Crippen LogP contribution in [0.2, 0.25) is 0 Å². The summed E-state index contributed by atoms with van der Waals surface area (Å²) in [7, 11) is 1.45. The molecule has 0 heterocycles. The number of phosphoric ester groups is 1. The van der Waals surface area contributed by atoms with E-state index in [1.807, 2.05) is 21.1 Å². The molecule has 0 aromatic heterocycles. The molecule has 0 aromatic carbocycles. The van der Waals surface area contributed by atoms with Crippen LogP contribution in [-0.2, 0) is 32.7 Å². The molecule has 0 aliphatic carbocycles. The van der Waals surface area contributed by atoms with Crippen molar-refractivity contribution in [3.8, 4) is 0 Å². The van der Waals surface area contributed by atoms with Crippen LogP contribution < -0.4 is 0 Å². The highest BCUT2D eigenvalue weighted by Gasteiger charge is 2.27. The average Bonchev–Trinajstić information content (AvgIpc) is 1.08. The van der Waals surface area contributed by atoms with Gasteiger partial charge >= 0.3 is 19.8 Å². The van der Waals surface area contributed by atoms with Gasteiger partial charge in [-0.15, -0.1) is 0 Å². The Balaban J connectivity index is 4.06. The van der Waals surface area contributed by atoms with Crippen LogP contribution in [-0.4, -0.2) is 74.9 Å². The molecule has 0 aliphatic rings. The predicted octanol–water partition coefficient (Wildman–Crippen LogP) is 26.6. The van der Waals surface area contributed by atoms with E-state index < -0.39 is 26.5 Å². The van der Waals surface area contributed by atoms with Gasteiger partial charge in [-0.1, -0.05) is 344 Å². The van der Waals surface area contributed by atoms with Crippen LogP contribution in [0.4, 0.5) is 0 Å². The average molecular weight is 1380 g/mol. The molecule has 98 heavy (non-hydrogen) atoms. The number of hydrogen-bond acceptors (Lipinski definition) is 7. The highest BCUT2D eigenvalue weighted by Crippen LogP contribution is 2.43. The molecule has 0 fully saturated rings. The number of unbranched alkanes of at least 4 members (excludes halogenated alkanes) is 27. The first-order chi connectivity index (χ1) is 48.0. The van der Waals surface area contributed by atoms with E-state index in [1.165, 1.54) is 122 Å². The summed E-state index contributed by atoms with van der Waals surface area (Å²) in [5, 5.41) is 0. The second-order valence-electron chi connectivity index (χ2n) is 27.0. The van der Waals surface area contributed by atoms with Gasteiger partial charge in [-0.3, -0.25) is 18.6 Å². The molecule has 0 radical (unpaired) electrons. The predicted molar refractivity (Wildman–Crippen MR) is 426 cm³/mol. The minimum Gasteiger partial charge on any atom is -0.462 e. The molecule has 1 N–H and O–H groups in total. The number of hydrogen-bond donors (Lipinski definition) is 1. The van der Waals surface area contributed by atoms with Crippen LogP contribution in [0, 0.1) is 0 Å². The molecule has 2 unspecified atom stereocenters. The molecule has 0 aromatic rings. The van der Waals surface area contributed by atoms with Crippen LogP contribution in [0.3, 0.4) is 0 Å². The quantitative estimate of drug-likeness (QED) is 0.0211. The van der Waals surface area contributed by atoms with Crippen molar-refractivity contribution in [1.29, 1.82) is 0 Å². The third-order valence-electron chi connectivity index (χ3n) is 16.4. The summed E-state index contributed by atoms with van der Waals surface area (Å²) in [6.45, 7) is 4.19. The number of esters is 2. The second kappa shape index (κ2) is 76.3. The molecule has 0 saturated heterocycles. The summed E-state index contributed by atoms with van der Waals surface area (Å²) >= 11 is 0. The van der Waals surface area contributed by atoms with Gasteiger partial charge in [0.1, 0.15) is 19.8 Å². The summed E-state index contributed by atoms with van der Waals surface area (Å²) in [6.07, 6.45) is 117. The number of phosphoric acid groups is 1. The van der Waals surface area contributed by atoms with Crippen LogP contribution in [0.25, 0.3) is 0 Å². The normalized spacial score (nSPS) is 14.1. The minimum atomic E-state index is -4.41. The summed E-state index contributed by atoms with van der Waals surface area (Å²) in [5.74, 6) is -0.816. The maximum Gasteiger partial charge on any atom is 0.472 e. The van der Waals surface area contributed by atoms with Crippen LogP contribution in [0.1, 0.15) is 309 Å². The summed E-state index contributed by atoms with van der Waals surface area (Å²) in [4.78, 5) is 36.0. The zero-order valence-corrected chi connectivity index (χ0v) is 64.3. The van der Waals surface area contributed by atoms with Gasteiger partial charge < -0.3 is 18.9 Å². The maximum absolute atomic E-state index is 12.9. The lowest BCUT2D eigenvalue weighted by Gasteiger charge is -2.24. The number of rotatable bonds is 71. The monoisotopic (exact) mass is 1380 g/mol. The molecular formula is C88H147NO8P+. The highest BCUT2D eigenvalue weighted by atomic mass is 31.2. The van der Waals surface area contributed by atoms with Crippen molar-refractivity contribution >= 4 is 19.8 Å². The first kappa shape index (κ1) is 93.1. The lowest BCUT2D eigenvalue weighted by molar-refractivity contribution is -0.870. The van der Waals surface area contributed by atoms with Crippen molar-refractivity contribution in [1.82, 2.24) is 0 Å². The number of nitrogens with zero attached hydrogens (tertiary/aromatic N) is 1. The van der Waals surface area contributed by atoms with Crippen molar-refractivity contribution in [2.24, 2.45) is 0 Å². The van der Waals surface area contributed by atoms with E-state index in [9.17, 15) is 19.0 Å². The summed E-state index contributed by atoms with van der Waals surface area (Å²) in [6, 6.07) is 0. The molecule has 2 atom stereocenters. The maximum atomic E-state index is 12.9. The van der Waals surface area contributed by atoms with Crippen LogP contribution in [0.15, 0.2) is 182 Å². The summed E-state index contributed by atoms with van der Waals surface area (Å²) < 4.78 is 34.8. The van der Waals surface area contributed by atoms with Gasteiger partial charge in [-0.2, -0.15) is 0 Å². The molecule has 10 heteroatoms. The van der Waals surface area contributed by atoms with Gasteiger partial charge in [-0.25, -0.2) is 4.57 Å². The Morgan fingerprint density at radius 2 is 0.551 bits per heavy atom. The Hall–Kier alpha value is -4.89. The van der Waals surface area contributed by atoms with Crippen molar-refractivity contribution in [2.75, 3.05) is 47.5 Å². The van der Waals surface area contributed by atoms with E-state index >= 15 is 0 Å². The minimum absolute atomic E-state index is 0.0211. The fraction of sp³-hybridized carbons (Fsp3) is 0.636. The van der Waals surface area contributed by atoms with Crippen molar-refractivity contribution in [2.45, 2.75) is 315 Å². The Morgan fingerprint density at radius 3 is 0.816 bits per heavy atom. The number of ether oxygens (including phenoxy) is 2. The zero-order chi connectivity index (χ0) is 71.1. The molecule has 0 saturated carbocycles. The Labute approximate surface area is 603 Å². The lowest BCUT2D eigenvalue weighted by Crippen LogP contribution is -2.37. The third-order valence-corrected chi connectivity index (χ3v) is 17.4. The topological polar surface area (TPSA) is 108 Å². The Bertz CT molecular complexity index is 2320. The number of allylic oxidation sites excluding steroid dienone is 30. The molecule has 0 bridgehead atoms. The molecule has 0 spiro atoms. The van der Waals surface area contributed by atoms with Gasteiger partial charge in [0, 0.05) is 12.8 Å². The van der Waals surface area contributed by atoms with Gasteiger partial charge in [0.05, 0.1) is 27.7 Å². The van der Waals surface area contributed by atoms with E-state index in [2.05, 4.69) is 196 Å². The molecule has 0 rings (SSSR count). The van der Waals surface area contributed by atoms with Gasteiger partial charge in [0.25, 0.3) is 0 Å². The van der Waals surface area contributed by atoms with E-state index in [1.54, 1.807) is 0 Å². The lowest BCUT2D eigenvalue weighted by atomic mass is 10.0. The van der Waals surface area contributed by atoms with E-state index in [0.29, 0.717) is 17.4 Å². The molecule has 9 nitrogen and oxygen atoms in total. The highest BCUT2D eigenvalue weighted by molar-refractivity contribution is 7.47. The van der Waals surface area contributed by atoms with Crippen LogP contribution in [0.5, 0.6) is 0 Å². The number of likely N-dealkylation sites (N-methyl/N-ethyl adjacent to an activating group) is 1. The fourth-order valence-electron chi connectivity index (χ4n) is 10.5. The molecular weight excluding hydrogens is 1230 g/mol. The fourth-order valence-corrected chi connectivity index (χ4v) is 11.2.